The Bertz CT molecular complexity index is 156. The number of carbonyl (C=O) groups excluding carboxylic acids is 2. The first-order valence-electron chi connectivity index (χ1n) is 3.82. The molecule has 0 heterocycles. The van der Waals surface area contributed by atoms with Crippen LogP contribution >= 0.6 is 0 Å². The van der Waals surface area contributed by atoms with Crippen LogP contribution in [0.2, 0.25) is 0 Å². The lowest BCUT2D eigenvalue weighted by Crippen LogP contribution is -2.23. The van der Waals surface area contributed by atoms with Crippen molar-refractivity contribution >= 4 is 11.6 Å². The molecule has 0 aliphatic rings. The van der Waals surface area contributed by atoms with Crippen molar-refractivity contribution in [1.29, 1.82) is 0 Å². The standard InChI is InChI=1S/C8H14O4/c1-5(9)7(11)3-4-8(12)6(2)10/h7-8,11-12H,3-4H2,1-2H3. The summed E-state index contributed by atoms with van der Waals surface area (Å²) >= 11 is 0. The zero-order valence-electron chi connectivity index (χ0n) is 7.28. The Balaban J connectivity index is 3.68. The minimum Gasteiger partial charge on any atom is -0.385 e. The molecule has 0 saturated heterocycles. The molecule has 4 heteroatoms. The van der Waals surface area contributed by atoms with Gasteiger partial charge >= 0.3 is 0 Å². The molecule has 0 aromatic carbocycles. The van der Waals surface area contributed by atoms with Gasteiger partial charge in [-0.3, -0.25) is 9.59 Å². The normalized spacial score (nSPS) is 15.3. The minimum absolute atomic E-state index is 0.135. The van der Waals surface area contributed by atoms with Gasteiger partial charge in [-0.15, -0.1) is 0 Å². The molecule has 0 spiro atoms. The van der Waals surface area contributed by atoms with Gasteiger partial charge in [0.1, 0.15) is 12.2 Å². The zero-order valence-corrected chi connectivity index (χ0v) is 7.28. The SMILES string of the molecule is CC(=O)C(O)CCC(O)C(C)=O. The first kappa shape index (κ1) is 11.3. The summed E-state index contributed by atoms with van der Waals surface area (Å²) in [5.41, 5.74) is 0. The highest BCUT2D eigenvalue weighted by Crippen LogP contribution is 2.03. The third kappa shape index (κ3) is 4.20. The van der Waals surface area contributed by atoms with Crippen LogP contribution in [0.25, 0.3) is 0 Å². The highest BCUT2D eigenvalue weighted by Gasteiger charge is 2.14. The Morgan fingerprint density at radius 2 is 1.25 bits per heavy atom. The number of carbonyl (C=O) groups is 2. The van der Waals surface area contributed by atoms with Crippen LogP contribution in [-0.2, 0) is 9.59 Å². The monoisotopic (exact) mass is 174 g/mol. The predicted octanol–water partition coefficient (Wildman–Crippen LogP) is -0.334. The summed E-state index contributed by atoms with van der Waals surface area (Å²) in [7, 11) is 0. The van der Waals surface area contributed by atoms with Gasteiger partial charge in [0.15, 0.2) is 11.6 Å². The third-order valence-electron chi connectivity index (χ3n) is 1.65. The van der Waals surface area contributed by atoms with Crippen LogP contribution in [0.15, 0.2) is 0 Å². The Labute approximate surface area is 71.2 Å². The maximum atomic E-state index is 10.5. The first-order valence-corrected chi connectivity index (χ1v) is 3.82. The fraction of sp³-hybridized carbons (Fsp3) is 0.750. The smallest absolute Gasteiger partial charge is 0.158 e. The molecule has 12 heavy (non-hydrogen) atoms. The van der Waals surface area contributed by atoms with Gasteiger partial charge in [-0.05, 0) is 26.7 Å². The molecular weight excluding hydrogens is 160 g/mol. The van der Waals surface area contributed by atoms with Crippen LogP contribution in [-0.4, -0.2) is 34.0 Å². The summed E-state index contributed by atoms with van der Waals surface area (Å²) in [6, 6.07) is 0. The van der Waals surface area contributed by atoms with Crippen molar-refractivity contribution in [3.8, 4) is 0 Å². The van der Waals surface area contributed by atoms with Crippen molar-refractivity contribution in [2.75, 3.05) is 0 Å². The number of Topliss-reactive ketones (excluding diaryl/α,β-unsaturated/α-hetero) is 2. The molecule has 0 aromatic rings. The van der Waals surface area contributed by atoms with Gasteiger partial charge in [-0.2, -0.15) is 0 Å². The van der Waals surface area contributed by atoms with E-state index in [9.17, 15) is 9.59 Å². The minimum atomic E-state index is -1.06. The number of hydrogen-bond donors (Lipinski definition) is 2. The molecule has 0 aliphatic carbocycles. The van der Waals surface area contributed by atoms with E-state index in [-0.39, 0.29) is 24.4 Å². The van der Waals surface area contributed by atoms with Gasteiger partial charge in [0, 0.05) is 0 Å². The van der Waals surface area contributed by atoms with Gasteiger partial charge in [0.05, 0.1) is 0 Å². The highest BCUT2D eigenvalue weighted by atomic mass is 16.3. The maximum absolute atomic E-state index is 10.5. The summed E-state index contributed by atoms with van der Waals surface area (Å²) in [5, 5.41) is 18.0. The van der Waals surface area contributed by atoms with Crippen molar-refractivity contribution < 1.29 is 19.8 Å². The van der Waals surface area contributed by atoms with Gasteiger partial charge < -0.3 is 10.2 Å². The number of rotatable bonds is 5. The third-order valence-corrected chi connectivity index (χ3v) is 1.65. The molecule has 70 valence electrons. The van der Waals surface area contributed by atoms with Gasteiger partial charge in [-0.1, -0.05) is 0 Å². The summed E-state index contributed by atoms with van der Waals surface area (Å²) < 4.78 is 0. The van der Waals surface area contributed by atoms with Crippen LogP contribution < -0.4 is 0 Å². The summed E-state index contributed by atoms with van der Waals surface area (Å²) in [6.45, 7) is 2.54. The number of aliphatic hydroxyl groups is 2. The molecule has 2 unspecified atom stereocenters. The van der Waals surface area contributed by atoms with Crippen molar-refractivity contribution in [3.05, 3.63) is 0 Å². The highest BCUT2D eigenvalue weighted by molar-refractivity contribution is 5.81. The van der Waals surface area contributed by atoms with Gasteiger partial charge in [0.25, 0.3) is 0 Å². The van der Waals surface area contributed by atoms with Crippen LogP contribution in [0.4, 0.5) is 0 Å². The predicted molar refractivity (Wildman–Crippen MR) is 42.6 cm³/mol. The second-order valence-electron chi connectivity index (χ2n) is 2.83. The lowest BCUT2D eigenvalue weighted by atomic mass is 10.1. The molecule has 2 atom stereocenters. The van der Waals surface area contributed by atoms with Crippen molar-refractivity contribution in [2.45, 2.75) is 38.9 Å². The first-order chi connectivity index (χ1) is 5.45. The molecule has 2 N–H and O–H groups in total. The molecule has 0 saturated carbocycles. The van der Waals surface area contributed by atoms with Crippen LogP contribution in [0.5, 0.6) is 0 Å². The summed E-state index contributed by atoms with van der Waals surface area (Å²) in [4.78, 5) is 21.0. The molecular formula is C8H14O4. The molecule has 4 nitrogen and oxygen atoms in total. The molecule has 0 bridgehead atoms. The fourth-order valence-corrected chi connectivity index (χ4v) is 0.722. The van der Waals surface area contributed by atoms with Crippen LogP contribution in [0.3, 0.4) is 0 Å². The molecule has 0 radical (unpaired) electrons. The van der Waals surface area contributed by atoms with E-state index in [1.807, 2.05) is 0 Å². The fourth-order valence-electron chi connectivity index (χ4n) is 0.722. The van der Waals surface area contributed by atoms with E-state index in [1.165, 1.54) is 13.8 Å². The van der Waals surface area contributed by atoms with Crippen LogP contribution in [0.1, 0.15) is 26.7 Å². The van der Waals surface area contributed by atoms with E-state index in [2.05, 4.69) is 0 Å². The molecule has 0 rings (SSSR count). The van der Waals surface area contributed by atoms with Crippen molar-refractivity contribution in [3.63, 3.8) is 0 Å². The van der Waals surface area contributed by atoms with E-state index in [0.717, 1.165) is 0 Å². The second kappa shape index (κ2) is 5.00. The average molecular weight is 174 g/mol. The molecule has 0 aliphatic heterocycles. The Hall–Kier alpha value is -0.740. The Morgan fingerprint density at radius 3 is 1.42 bits per heavy atom. The Morgan fingerprint density at radius 1 is 1.00 bits per heavy atom. The number of ketones is 2. The van der Waals surface area contributed by atoms with E-state index < -0.39 is 12.2 Å². The number of aliphatic hydroxyl groups excluding tert-OH is 2. The van der Waals surface area contributed by atoms with E-state index in [1.54, 1.807) is 0 Å². The molecule has 0 fully saturated rings. The lowest BCUT2D eigenvalue weighted by molar-refractivity contribution is -0.128. The number of hydrogen-bond acceptors (Lipinski definition) is 4. The lowest BCUT2D eigenvalue weighted by Gasteiger charge is -2.08. The van der Waals surface area contributed by atoms with Crippen molar-refractivity contribution in [1.82, 2.24) is 0 Å². The van der Waals surface area contributed by atoms with E-state index in [4.69, 9.17) is 10.2 Å². The summed E-state index contributed by atoms with van der Waals surface area (Å²) in [5.74, 6) is -0.684. The average Bonchev–Trinajstić information content (AvgIpc) is 1.98. The zero-order chi connectivity index (χ0) is 9.72. The quantitative estimate of drug-likeness (QED) is 0.598. The van der Waals surface area contributed by atoms with E-state index >= 15 is 0 Å². The molecule has 0 aromatic heterocycles. The van der Waals surface area contributed by atoms with E-state index in [0.29, 0.717) is 0 Å². The summed E-state index contributed by atoms with van der Waals surface area (Å²) in [6.07, 6.45) is -1.84. The second-order valence-corrected chi connectivity index (χ2v) is 2.83. The largest absolute Gasteiger partial charge is 0.385 e. The Kier molecular flexibility index (Phi) is 4.70. The van der Waals surface area contributed by atoms with Gasteiger partial charge in [-0.25, -0.2) is 0 Å². The van der Waals surface area contributed by atoms with Crippen molar-refractivity contribution in [2.24, 2.45) is 0 Å². The maximum Gasteiger partial charge on any atom is 0.158 e. The van der Waals surface area contributed by atoms with Crippen LogP contribution in [0, 0.1) is 0 Å². The molecule has 0 amide bonds. The topological polar surface area (TPSA) is 74.6 Å². The van der Waals surface area contributed by atoms with Gasteiger partial charge in [0.2, 0.25) is 0 Å².